The summed E-state index contributed by atoms with van der Waals surface area (Å²) in [7, 11) is -3.36. The predicted molar refractivity (Wildman–Crippen MR) is 130 cm³/mol. The molecule has 2 aromatic carbocycles. The van der Waals surface area contributed by atoms with E-state index in [9.17, 15) is 8.42 Å². The Balaban J connectivity index is 1.26. The van der Waals surface area contributed by atoms with E-state index in [1.807, 2.05) is 55.5 Å². The lowest BCUT2D eigenvalue weighted by Gasteiger charge is -2.49. The SMILES string of the molecule is Cc1nc(-c2ccccc2)cc([C@H]2CN3CC[C@H]2C[C@@H]3CNS(=O)(=O)Cc2ccccc2)n1. The number of sulfonamides is 1. The number of hydrogen-bond acceptors (Lipinski definition) is 5. The zero-order valence-corrected chi connectivity index (χ0v) is 19.7. The monoisotopic (exact) mass is 462 g/mol. The van der Waals surface area contributed by atoms with Crippen molar-refractivity contribution in [3.63, 3.8) is 0 Å². The van der Waals surface area contributed by atoms with Crippen LogP contribution in [0.15, 0.2) is 66.7 Å². The second kappa shape index (κ2) is 9.33. The summed E-state index contributed by atoms with van der Waals surface area (Å²) in [5.41, 5.74) is 4.00. The lowest BCUT2D eigenvalue weighted by molar-refractivity contribution is 0.0317. The number of benzene rings is 2. The van der Waals surface area contributed by atoms with Crippen molar-refractivity contribution in [3.8, 4) is 11.3 Å². The van der Waals surface area contributed by atoms with Crippen molar-refractivity contribution in [1.29, 1.82) is 0 Å². The van der Waals surface area contributed by atoms with Crippen LogP contribution in [0.4, 0.5) is 0 Å². The zero-order valence-electron chi connectivity index (χ0n) is 18.9. The highest BCUT2D eigenvalue weighted by Crippen LogP contribution is 2.41. The molecule has 1 aromatic heterocycles. The summed E-state index contributed by atoms with van der Waals surface area (Å²) in [5, 5.41) is 0. The third kappa shape index (κ3) is 5.16. The van der Waals surface area contributed by atoms with Gasteiger partial charge in [-0.05, 0) is 43.9 Å². The van der Waals surface area contributed by atoms with Crippen LogP contribution in [-0.4, -0.2) is 49.0 Å². The molecule has 2 bridgehead atoms. The summed E-state index contributed by atoms with van der Waals surface area (Å²) < 4.78 is 28.1. The van der Waals surface area contributed by atoms with Gasteiger partial charge in [0.25, 0.3) is 0 Å². The summed E-state index contributed by atoms with van der Waals surface area (Å²) >= 11 is 0. The van der Waals surface area contributed by atoms with Gasteiger partial charge >= 0.3 is 0 Å². The summed E-state index contributed by atoms with van der Waals surface area (Å²) in [6.07, 6.45) is 2.11. The van der Waals surface area contributed by atoms with Crippen LogP contribution in [-0.2, 0) is 15.8 Å². The molecule has 6 rings (SSSR count). The number of rotatable bonds is 7. The van der Waals surface area contributed by atoms with Gasteiger partial charge in [0.05, 0.1) is 11.4 Å². The highest BCUT2D eigenvalue weighted by Gasteiger charge is 2.41. The summed E-state index contributed by atoms with van der Waals surface area (Å²) in [5.74, 6) is 1.69. The van der Waals surface area contributed by atoms with Crippen LogP contribution in [0.5, 0.6) is 0 Å². The average molecular weight is 463 g/mol. The molecule has 33 heavy (non-hydrogen) atoms. The number of hydrogen-bond donors (Lipinski definition) is 1. The Morgan fingerprint density at radius 1 is 1.03 bits per heavy atom. The molecular formula is C26H30N4O2S. The minimum absolute atomic E-state index is 0.0229. The lowest BCUT2D eigenvalue weighted by atomic mass is 9.74. The molecule has 3 aliphatic rings. The molecular weight excluding hydrogens is 432 g/mol. The van der Waals surface area contributed by atoms with Gasteiger partial charge in [0.2, 0.25) is 10.0 Å². The van der Waals surface area contributed by atoms with Crippen LogP contribution in [0.25, 0.3) is 11.3 Å². The molecule has 0 saturated carbocycles. The van der Waals surface area contributed by atoms with Gasteiger partial charge in [-0.15, -0.1) is 0 Å². The largest absolute Gasteiger partial charge is 0.298 e. The zero-order chi connectivity index (χ0) is 22.8. The number of aryl methyl sites for hydroxylation is 1. The van der Waals surface area contributed by atoms with Crippen LogP contribution in [0.2, 0.25) is 0 Å². The van der Waals surface area contributed by atoms with E-state index in [-0.39, 0.29) is 11.8 Å². The van der Waals surface area contributed by atoms with Gasteiger partial charge in [-0.25, -0.2) is 23.1 Å². The van der Waals surface area contributed by atoms with Gasteiger partial charge in [0.15, 0.2) is 0 Å². The molecule has 1 unspecified atom stereocenters. The summed E-state index contributed by atoms with van der Waals surface area (Å²) in [4.78, 5) is 11.9. The van der Waals surface area contributed by atoms with E-state index in [0.29, 0.717) is 18.4 Å². The molecule has 3 aromatic rings. The molecule has 3 aliphatic heterocycles. The summed E-state index contributed by atoms with van der Waals surface area (Å²) in [6.45, 7) is 4.36. The van der Waals surface area contributed by atoms with Crippen LogP contribution in [0.1, 0.15) is 35.8 Å². The maximum Gasteiger partial charge on any atom is 0.215 e. The highest BCUT2D eigenvalue weighted by atomic mass is 32.2. The fraction of sp³-hybridized carbons (Fsp3) is 0.385. The first kappa shape index (κ1) is 22.2. The van der Waals surface area contributed by atoms with E-state index >= 15 is 0 Å². The number of piperidine rings is 3. The number of fused-ring (bicyclic) bond motifs is 3. The molecule has 6 nitrogen and oxygen atoms in total. The van der Waals surface area contributed by atoms with Gasteiger partial charge in [0.1, 0.15) is 5.82 Å². The van der Waals surface area contributed by atoms with Gasteiger partial charge < -0.3 is 0 Å². The normalized spacial score (nSPS) is 24.6. The van der Waals surface area contributed by atoms with Gasteiger partial charge in [-0.2, -0.15) is 0 Å². The van der Waals surface area contributed by atoms with Crippen molar-refractivity contribution in [2.24, 2.45) is 5.92 Å². The predicted octanol–water partition coefficient (Wildman–Crippen LogP) is 3.75. The summed E-state index contributed by atoms with van der Waals surface area (Å²) in [6, 6.07) is 22.0. The lowest BCUT2D eigenvalue weighted by Crippen LogP contribution is -2.56. The van der Waals surface area contributed by atoms with Gasteiger partial charge in [0, 0.05) is 36.3 Å². The Kier molecular flexibility index (Phi) is 6.27. The first-order valence-corrected chi connectivity index (χ1v) is 13.3. The van der Waals surface area contributed by atoms with Crippen LogP contribution >= 0.6 is 0 Å². The van der Waals surface area contributed by atoms with E-state index in [0.717, 1.165) is 54.3 Å². The Bertz CT molecular complexity index is 1200. The highest BCUT2D eigenvalue weighted by molar-refractivity contribution is 7.88. The Morgan fingerprint density at radius 3 is 2.45 bits per heavy atom. The molecule has 0 amide bonds. The smallest absolute Gasteiger partial charge is 0.215 e. The minimum Gasteiger partial charge on any atom is -0.298 e. The number of nitrogens with one attached hydrogen (secondary N) is 1. The first-order valence-electron chi connectivity index (χ1n) is 11.6. The number of nitrogens with zero attached hydrogens (tertiary/aromatic N) is 3. The van der Waals surface area contributed by atoms with Crippen LogP contribution in [0, 0.1) is 12.8 Å². The topological polar surface area (TPSA) is 75.2 Å². The fourth-order valence-corrected chi connectivity index (χ4v) is 6.47. The number of aromatic nitrogens is 2. The second-order valence-corrected chi connectivity index (χ2v) is 11.0. The molecule has 3 fully saturated rings. The standard InChI is InChI=1S/C26H30N4O2S/c1-19-28-25(21-10-6-3-7-11-21)15-26(29-19)24-17-30-13-12-22(24)14-23(30)16-27-33(31,32)18-20-8-4-2-5-9-20/h2-11,15,22-24,27H,12-14,16-18H2,1H3/t22-,23+,24-/m0/s1. The third-order valence-electron chi connectivity index (χ3n) is 6.92. The van der Waals surface area contributed by atoms with E-state index < -0.39 is 10.0 Å². The third-order valence-corrected chi connectivity index (χ3v) is 8.24. The molecule has 0 aliphatic carbocycles. The second-order valence-electron chi connectivity index (χ2n) is 9.22. The maximum absolute atomic E-state index is 12.6. The van der Waals surface area contributed by atoms with E-state index in [2.05, 4.69) is 32.8 Å². The first-order chi connectivity index (χ1) is 16.0. The van der Waals surface area contributed by atoms with Crippen LogP contribution < -0.4 is 4.72 Å². The molecule has 0 spiro atoms. The van der Waals surface area contributed by atoms with Crippen LogP contribution in [0.3, 0.4) is 0 Å². The molecule has 4 atom stereocenters. The maximum atomic E-state index is 12.6. The molecule has 172 valence electrons. The molecule has 7 heteroatoms. The van der Waals surface area contributed by atoms with Gasteiger partial charge in [-0.1, -0.05) is 60.7 Å². The molecule has 0 radical (unpaired) electrons. The van der Waals surface area contributed by atoms with Crippen molar-refractivity contribution in [1.82, 2.24) is 19.6 Å². The quantitative estimate of drug-likeness (QED) is 0.579. The van der Waals surface area contributed by atoms with Gasteiger partial charge in [-0.3, -0.25) is 4.90 Å². The Hall–Kier alpha value is -2.61. The molecule has 3 saturated heterocycles. The van der Waals surface area contributed by atoms with Crippen molar-refractivity contribution in [2.75, 3.05) is 19.6 Å². The van der Waals surface area contributed by atoms with Crippen molar-refractivity contribution >= 4 is 10.0 Å². The van der Waals surface area contributed by atoms with Crippen molar-refractivity contribution in [2.45, 2.75) is 37.5 Å². The van der Waals surface area contributed by atoms with E-state index in [1.165, 1.54) is 0 Å². The van der Waals surface area contributed by atoms with Crippen molar-refractivity contribution < 1.29 is 8.42 Å². The molecule has 1 N–H and O–H groups in total. The Labute approximate surface area is 196 Å². The van der Waals surface area contributed by atoms with Crippen molar-refractivity contribution in [3.05, 3.63) is 83.8 Å². The van der Waals surface area contributed by atoms with E-state index in [1.54, 1.807) is 0 Å². The minimum atomic E-state index is -3.36. The molecule has 4 heterocycles. The Morgan fingerprint density at radius 2 is 1.76 bits per heavy atom. The fourth-order valence-electron chi connectivity index (χ4n) is 5.29. The van der Waals surface area contributed by atoms with E-state index in [4.69, 9.17) is 4.98 Å². The average Bonchev–Trinajstić information content (AvgIpc) is 2.84.